The molecule has 0 spiro atoms. The Morgan fingerprint density at radius 2 is 2.23 bits per heavy atom. The number of thioether (sulfide) groups is 1. The third-order valence-corrected chi connectivity index (χ3v) is 3.06. The molecule has 13 heavy (non-hydrogen) atoms. The summed E-state index contributed by atoms with van der Waals surface area (Å²) >= 11 is 4.99. The van der Waals surface area contributed by atoms with Crippen molar-refractivity contribution in [1.29, 1.82) is 0 Å². The number of hydrogen-bond acceptors (Lipinski definition) is 2. The minimum absolute atomic E-state index is 0.205. The van der Waals surface area contributed by atoms with E-state index in [4.69, 9.17) is 0 Å². The largest absolute Gasteiger partial charge is 0.294 e. The first-order valence-electron chi connectivity index (χ1n) is 4.05. The number of rotatable bonds is 3. The van der Waals surface area contributed by atoms with Crippen molar-refractivity contribution in [3.8, 4) is 0 Å². The van der Waals surface area contributed by atoms with E-state index in [9.17, 15) is 4.79 Å². The highest BCUT2D eigenvalue weighted by Gasteiger charge is 2.08. The van der Waals surface area contributed by atoms with Crippen LogP contribution in [-0.4, -0.2) is 12.0 Å². The average molecular weight is 259 g/mol. The summed E-state index contributed by atoms with van der Waals surface area (Å²) in [5.74, 6) is 0.205. The number of carbonyl (C=O) groups is 1. The molecule has 0 heterocycles. The molecule has 0 saturated carbocycles. The highest BCUT2D eigenvalue weighted by molar-refractivity contribution is 9.10. The molecular formula is C10H11BrOS. The zero-order valence-corrected chi connectivity index (χ0v) is 10.0. The van der Waals surface area contributed by atoms with Crippen LogP contribution in [-0.2, 0) is 0 Å². The Bertz CT molecular complexity index is 323. The van der Waals surface area contributed by atoms with Gasteiger partial charge in [0.25, 0.3) is 0 Å². The molecule has 0 N–H and O–H groups in total. The van der Waals surface area contributed by atoms with Crippen LogP contribution in [0, 0.1) is 0 Å². The van der Waals surface area contributed by atoms with Gasteiger partial charge in [-0.3, -0.25) is 4.79 Å². The highest BCUT2D eigenvalue weighted by atomic mass is 79.9. The second-order valence-corrected chi connectivity index (χ2v) is 4.39. The van der Waals surface area contributed by atoms with Crippen LogP contribution in [0.15, 0.2) is 27.6 Å². The van der Waals surface area contributed by atoms with Crippen LogP contribution in [0.2, 0.25) is 0 Å². The molecule has 1 nitrogen and oxygen atoms in total. The van der Waals surface area contributed by atoms with Crippen LogP contribution in [0.4, 0.5) is 0 Å². The first-order valence-corrected chi connectivity index (χ1v) is 6.07. The van der Waals surface area contributed by atoms with Crippen LogP contribution in [0.5, 0.6) is 0 Å². The molecule has 1 aromatic carbocycles. The lowest BCUT2D eigenvalue weighted by molar-refractivity contribution is 0.0985. The quantitative estimate of drug-likeness (QED) is 0.607. The molecule has 0 radical (unpaired) electrons. The Balaban J connectivity index is 3.13. The monoisotopic (exact) mass is 258 g/mol. The third kappa shape index (κ3) is 2.58. The maximum atomic E-state index is 11.5. The smallest absolute Gasteiger partial charge is 0.163 e. The van der Waals surface area contributed by atoms with Crippen molar-refractivity contribution in [3.63, 3.8) is 0 Å². The van der Waals surface area contributed by atoms with Gasteiger partial charge in [0.2, 0.25) is 0 Å². The van der Waals surface area contributed by atoms with Gasteiger partial charge in [-0.2, -0.15) is 0 Å². The molecule has 0 bridgehead atoms. The SMILES string of the molecule is CCC(=O)c1ccc(Br)cc1SC. The average Bonchev–Trinajstić information content (AvgIpc) is 2.16. The number of ketones is 1. The third-order valence-electron chi connectivity index (χ3n) is 1.79. The van der Waals surface area contributed by atoms with Crippen molar-refractivity contribution in [2.75, 3.05) is 6.26 Å². The number of hydrogen-bond donors (Lipinski definition) is 0. The van der Waals surface area contributed by atoms with Gasteiger partial charge in [0, 0.05) is 21.4 Å². The predicted octanol–water partition coefficient (Wildman–Crippen LogP) is 3.76. The summed E-state index contributed by atoms with van der Waals surface area (Å²) in [5.41, 5.74) is 0.832. The Hall–Kier alpha value is -0.280. The van der Waals surface area contributed by atoms with Gasteiger partial charge >= 0.3 is 0 Å². The zero-order chi connectivity index (χ0) is 9.84. The standard InChI is InChI=1S/C10H11BrOS/c1-3-9(12)8-5-4-7(11)6-10(8)13-2/h4-6H,3H2,1-2H3. The lowest BCUT2D eigenvalue weighted by Gasteiger charge is -2.04. The maximum absolute atomic E-state index is 11.5. The van der Waals surface area contributed by atoms with Crippen LogP contribution >= 0.6 is 27.7 Å². The second kappa shape index (κ2) is 4.82. The number of benzene rings is 1. The number of carbonyl (C=O) groups excluding carboxylic acids is 1. The Labute approximate surface area is 91.0 Å². The number of Topliss-reactive ketones (excluding diaryl/α,β-unsaturated/α-hetero) is 1. The molecule has 3 heteroatoms. The van der Waals surface area contributed by atoms with E-state index in [0.29, 0.717) is 6.42 Å². The van der Waals surface area contributed by atoms with Crippen LogP contribution in [0.3, 0.4) is 0 Å². The van der Waals surface area contributed by atoms with Crippen LogP contribution < -0.4 is 0 Å². The molecule has 0 atom stereocenters. The fourth-order valence-electron chi connectivity index (χ4n) is 1.09. The number of halogens is 1. The minimum atomic E-state index is 0.205. The Kier molecular flexibility index (Phi) is 4.00. The molecule has 0 aliphatic carbocycles. The fraction of sp³-hybridized carbons (Fsp3) is 0.300. The van der Waals surface area contributed by atoms with Gasteiger partial charge in [-0.05, 0) is 24.5 Å². The summed E-state index contributed by atoms with van der Waals surface area (Å²) in [6.07, 6.45) is 2.55. The fourth-order valence-corrected chi connectivity index (χ4v) is 2.25. The highest BCUT2D eigenvalue weighted by Crippen LogP contribution is 2.25. The molecule has 0 saturated heterocycles. The maximum Gasteiger partial charge on any atom is 0.163 e. The second-order valence-electron chi connectivity index (χ2n) is 2.62. The van der Waals surface area contributed by atoms with Gasteiger partial charge in [0.1, 0.15) is 0 Å². The Morgan fingerprint density at radius 1 is 1.54 bits per heavy atom. The predicted molar refractivity (Wildman–Crippen MR) is 60.5 cm³/mol. The topological polar surface area (TPSA) is 17.1 Å². The molecule has 0 amide bonds. The normalized spacial score (nSPS) is 10.1. The zero-order valence-electron chi connectivity index (χ0n) is 7.63. The van der Waals surface area contributed by atoms with Crippen molar-refractivity contribution >= 4 is 33.5 Å². The minimum Gasteiger partial charge on any atom is -0.294 e. The summed E-state index contributed by atoms with van der Waals surface area (Å²) < 4.78 is 1.02. The van der Waals surface area contributed by atoms with Crippen molar-refractivity contribution in [2.45, 2.75) is 18.2 Å². The molecule has 0 aliphatic rings. The van der Waals surface area contributed by atoms with Crippen LogP contribution in [0.25, 0.3) is 0 Å². The van der Waals surface area contributed by atoms with Gasteiger partial charge in [-0.1, -0.05) is 22.9 Å². The summed E-state index contributed by atoms with van der Waals surface area (Å²) in [6.45, 7) is 1.88. The molecule has 0 fully saturated rings. The van der Waals surface area contributed by atoms with E-state index in [0.717, 1.165) is 14.9 Å². The van der Waals surface area contributed by atoms with E-state index in [1.54, 1.807) is 11.8 Å². The first-order chi connectivity index (χ1) is 6.19. The van der Waals surface area contributed by atoms with E-state index in [1.165, 1.54) is 0 Å². The first kappa shape index (κ1) is 10.8. The van der Waals surface area contributed by atoms with Crippen molar-refractivity contribution in [3.05, 3.63) is 28.2 Å². The summed E-state index contributed by atoms with van der Waals surface area (Å²) in [7, 11) is 0. The molecular weight excluding hydrogens is 248 g/mol. The summed E-state index contributed by atoms with van der Waals surface area (Å²) in [4.78, 5) is 12.5. The van der Waals surface area contributed by atoms with Gasteiger partial charge in [0.15, 0.2) is 5.78 Å². The van der Waals surface area contributed by atoms with Crippen LogP contribution in [0.1, 0.15) is 23.7 Å². The van der Waals surface area contributed by atoms with Crippen molar-refractivity contribution < 1.29 is 4.79 Å². The van der Waals surface area contributed by atoms with Gasteiger partial charge in [-0.15, -0.1) is 11.8 Å². The van der Waals surface area contributed by atoms with E-state index >= 15 is 0 Å². The molecule has 70 valence electrons. The van der Waals surface area contributed by atoms with Gasteiger partial charge in [-0.25, -0.2) is 0 Å². The van der Waals surface area contributed by atoms with Gasteiger partial charge in [0.05, 0.1) is 0 Å². The molecule has 0 unspecified atom stereocenters. The van der Waals surface area contributed by atoms with Crippen molar-refractivity contribution in [2.24, 2.45) is 0 Å². The molecule has 1 aromatic rings. The van der Waals surface area contributed by atoms with E-state index in [2.05, 4.69) is 15.9 Å². The van der Waals surface area contributed by atoms with E-state index in [-0.39, 0.29) is 5.78 Å². The lowest BCUT2D eigenvalue weighted by atomic mass is 10.1. The van der Waals surface area contributed by atoms with Crippen molar-refractivity contribution in [1.82, 2.24) is 0 Å². The lowest BCUT2D eigenvalue weighted by Crippen LogP contribution is -1.98. The van der Waals surface area contributed by atoms with E-state index < -0.39 is 0 Å². The summed E-state index contributed by atoms with van der Waals surface area (Å²) in [6, 6.07) is 5.76. The molecule has 0 aromatic heterocycles. The summed E-state index contributed by atoms with van der Waals surface area (Å²) in [5, 5.41) is 0. The molecule has 0 aliphatic heterocycles. The molecule has 1 rings (SSSR count). The Morgan fingerprint density at radius 3 is 2.77 bits per heavy atom. The van der Waals surface area contributed by atoms with E-state index in [1.807, 2.05) is 31.4 Å². The van der Waals surface area contributed by atoms with Gasteiger partial charge < -0.3 is 0 Å².